The maximum absolute atomic E-state index is 13.2. The Labute approximate surface area is 181 Å². The first kappa shape index (κ1) is 25.1. The van der Waals surface area contributed by atoms with Crippen LogP contribution in [0.1, 0.15) is 55.4 Å². The lowest BCUT2D eigenvalue weighted by Crippen LogP contribution is -2.54. The van der Waals surface area contributed by atoms with Gasteiger partial charge < -0.3 is 23.4 Å². The van der Waals surface area contributed by atoms with Crippen LogP contribution in [0, 0.1) is 0 Å². The lowest BCUT2D eigenvalue weighted by Gasteiger charge is -2.39. The van der Waals surface area contributed by atoms with Crippen molar-refractivity contribution < 1.29 is 33.0 Å². The monoisotopic (exact) mass is 445 g/mol. The van der Waals surface area contributed by atoms with Crippen LogP contribution in [0.2, 0.25) is 18.1 Å². The van der Waals surface area contributed by atoms with E-state index in [-0.39, 0.29) is 11.6 Å². The summed E-state index contributed by atoms with van der Waals surface area (Å²) >= 11 is 0. The van der Waals surface area contributed by atoms with Crippen LogP contribution in [0.3, 0.4) is 0 Å². The summed E-state index contributed by atoms with van der Waals surface area (Å²) in [6.45, 7) is 19.9. The van der Waals surface area contributed by atoms with E-state index in [1.54, 1.807) is 34.6 Å². The first-order chi connectivity index (χ1) is 13.4. The van der Waals surface area contributed by atoms with Gasteiger partial charge in [-0.25, -0.2) is 9.59 Å². The number of rotatable bonds is 4. The number of carbonyl (C=O) groups excluding carboxylic acids is 2. The Morgan fingerprint density at radius 3 is 2.03 bits per heavy atom. The second-order valence-corrected chi connectivity index (χ2v) is 15.9. The standard InChI is InChI=1S/C21H39NO7Si/c1-19(2,3)29-18(24)22-13(12-26-30(10,11)20(4,5)6)15-16(14(22)17(23)25-9)28-21(7,8)27-15/h13-16H,12H2,1-11H3/t13-,14+,15-,16+/m0/s1. The maximum Gasteiger partial charge on any atom is 0.411 e. The van der Waals surface area contributed by atoms with Crippen LogP contribution in [0.15, 0.2) is 0 Å². The van der Waals surface area contributed by atoms with E-state index >= 15 is 0 Å². The third-order valence-corrected chi connectivity index (χ3v) is 10.5. The summed E-state index contributed by atoms with van der Waals surface area (Å²) in [6.07, 6.45) is -1.80. The number of esters is 1. The zero-order valence-corrected chi connectivity index (χ0v) is 21.3. The van der Waals surface area contributed by atoms with Gasteiger partial charge in [-0.1, -0.05) is 20.8 Å². The number of hydrogen-bond acceptors (Lipinski definition) is 7. The SMILES string of the molecule is COC(=O)[C@H]1[C@H]2OC(C)(C)O[C@H]2[C@H](CO[Si](C)(C)C(C)(C)C)N1C(=O)OC(C)(C)C. The van der Waals surface area contributed by atoms with Crippen molar-refractivity contribution in [3.8, 4) is 0 Å². The molecular weight excluding hydrogens is 406 g/mol. The molecule has 1 amide bonds. The lowest BCUT2D eigenvalue weighted by atomic mass is 10.1. The maximum atomic E-state index is 13.2. The zero-order chi connectivity index (χ0) is 23.3. The van der Waals surface area contributed by atoms with Gasteiger partial charge in [0, 0.05) is 0 Å². The van der Waals surface area contributed by atoms with Gasteiger partial charge in [0.15, 0.2) is 20.1 Å². The number of hydrogen-bond donors (Lipinski definition) is 0. The van der Waals surface area contributed by atoms with Crippen LogP contribution < -0.4 is 0 Å². The number of nitrogens with zero attached hydrogens (tertiary/aromatic N) is 1. The summed E-state index contributed by atoms with van der Waals surface area (Å²) in [5.74, 6) is -1.44. The Hall–Kier alpha value is -1.16. The average molecular weight is 446 g/mol. The molecule has 174 valence electrons. The molecule has 0 bridgehead atoms. The first-order valence-electron chi connectivity index (χ1n) is 10.5. The second kappa shape index (κ2) is 8.07. The van der Waals surface area contributed by atoms with Gasteiger partial charge in [-0.05, 0) is 52.8 Å². The third kappa shape index (κ3) is 5.18. The van der Waals surface area contributed by atoms with Crippen molar-refractivity contribution in [2.24, 2.45) is 0 Å². The van der Waals surface area contributed by atoms with E-state index in [0.29, 0.717) is 0 Å². The summed E-state index contributed by atoms with van der Waals surface area (Å²) in [7, 11) is -0.815. The molecule has 0 radical (unpaired) electrons. The van der Waals surface area contributed by atoms with Gasteiger partial charge in [0.1, 0.15) is 17.8 Å². The fourth-order valence-corrected chi connectivity index (χ4v) is 4.52. The van der Waals surface area contributed by atoms with Crippen molar-refractivity contribution in [3.63, 3.8) is 0 Å². The second-order valence-electron chi connectivity index (χ2n) is 11.1. The highest BCUT2D eigenvalue weighted by atomic mass is 28.4. The molecule has 0 unspecified atom stereocenters. The molecule has 0 spiro atoms. The van der Waals surface area contributed by atoms with Crippen molar-refractivity contribution >= 4 is 20.4 Å². The number of methoxy groups -OCH3 is 1. The molecule has 0 aromatic carbocycles. The molecule has 0 aromatic rings. The van der Waals surface area contributed by atoms with Gasteiger partial charge in [0.25, 0.3) is 0 Å². The molecular formula is C21H39NO7Si. The minimum atomic E-state index is -2.11. The lowest BCUT2D eigenvalue weighted by molar-refractivity contribution is -0.176. The van der Waals surface area contributed by atoms with Crippen molar-refractivity contribution in [2.45, 2.75) is 109 Å². The normalized spacial score (nSPS) is 29.0. The summed E-state index contributed by atoms with van der Waals surface area (Å²) in [5, 5.41) is -0.00416. The quantitative estimate of drug-likeness (QED) is 0.482. The van der Waals surface area contributed by atoms with Gasteiger partial charge in [0.05, 0.1) is 19.8 Å². The number of likely N-dealkylation sites (tertiary alicyclic amines) is 1. The van der Waals surface area contributed by atoms with E-state index in [4.69, 9.17) is 23.4 Å². The molecule has 2 aliphatic rings. The number of carbonyl (C=O) groups is 2. The van der Waals surface area contributed by atoms with Crippen molar-refractivity contribution in [3.05, 3.63) is 0 Å². The molecule has 2 aliphatic heterocycles. The molecule has 30 heavy (non-hydrogen) atoms. The van der Waals surface area contributed by atoms with Crippen LogP contribution in [-0.2, 0) is 28.2 Å². The molecule has 2 saturated heterocycles. The van der Waals surface area contributed by atoms with Gasteiger partial charge in [-0.3, -0.25) is 4.90 Å². The minimum Gasteiger partial charge on any atom is -0.467 e. The van der Waals surface area contributed by atoms with Gasteiger partial charge >= 0.3 is 12.1 Å². The average Bonchev–Trinajstić information content (AvgIpc) is 2.99. The van der Waals surface area contributed by atoms with Crippen LogP contribution in [0.4, 0.5) is 4.79 Å². The highest BCUT2D eigenvalue weighted by Crippen LogP contribution is 2.43. The summed E-state index contributed by atoms with van der Waals surface area (Å²) in [4.78, 5) is 27.3. The number of ether oxygens (including phenoxy) is 4. The van der Waals surface area contributed by atoms with E-state index in [1.165, 1.54) is 12.0 Å². The Morgan fingerprint density at radius 2 is 1.57 bits per heavy atom. The van der Waals surface area contributed by atoms with Crippen LogP contribution >= 0.6 is 0 Å². The number of amides is 1. The molecule has 0 aromatic heterocycles. The fraction of sp³-hybridized carbons (Fsp3) is 0.905. The molecule has 2 heterocycles. The molecule has 0 saturated carbocycles. The highest BCUT2D eigenvalue weighted by molar-refractivity contribution is 6.74. The Balaban J connectivity index is 2.41. The van der Waals surface area contributed by atoms with Gasteiger partial charge in [-0.2, -0.15) is 0 Å². The largest absolute Gasteiger partial charge is 0.467 e. The molecule has 8 nitrogen and oxygen atoms in total. The summed E-state index contributed by atoms with van der Waals surface area (Å²) in [6, 6.07) is -1.51. The minimum absolute atomic E-state index is 0.00416. The third-order valence-electron chi connectivity index (χ3n) is 5.98. The fourth-order valence-electron chi connectivity index (χ4n) is 3.50. The predicted octanol–water partition coefficient (Wildman–Crippen LogP) is 3.69. The van der Waals surface area contributed by atoms with E-state index in [0.717, 1.165) is 0 Å². The van der Waals surface area contributed by atoms with Crippen LogP contribution in [-0.4, -0.2) is 74.7 Å². The summed E-state index contributed by atoms with van der Waals surface area (Å²) < 4.78 is 29.2. The molecule has 2 rings (SSSR count). The van der Waals surface area contributed by atoms with E-state index in [2.05, 4.69) is 33.9 Å². The molecule has 0 aliphatic carbocycles. The molecule has 4 atom stereocenters. The van der Waals surface area contributed by atoms with Crippen molar-refractivity contribution in [2.75, 3.05) is 13.7 Å². The van der Waals surface area contributed by atoms with Gasteiger partial charge in [-0.15, -0.1) is 0 Å². The first-order valence-corrected chi connectivity index (χ1v) is 13.4. The van der Waals surface area contributed by atoms with Crippen LogP contribution in [0.25, 0.3) is 0 Å². The van der Waals surface area contributed by atoms with Crippen molar-refractivity contribution in [1.29, 1.82) is 0 Å². The highest BCUT2D eigenvalue weighted by Gasteiger charge is 2.63. The van der Waals surface area contributed by atoms with Crippen molar-refractivity contribution in [1.82, 2.24) is 4.90 Å². The Kier molecular flexibility index (Phi) is 6.75. The van der Waals surface area contributed by atoms with E-state index < -0.39 is 56.1 Å². The Bertz CT molecular complexity index is 665. The molecule has 2 fully saturated rings. The summed E-state index contributed by atoms with van der Waals surface area (Å²) in [5.41, 5.74) is -0.721. The van der Waals surface area contributed by atoms with E-state index in [1.807, 2.05) is 0 Å². The molecule has 9 heteroatoms. The van der Waals surface area contributed by atoms with Crippen LogP contribution in [0.5, 0.6) is 0 Å². The van der Waals surface area contributed by atoms with E-state index in [9.17, 15) is 9.59 Å². The Morgan fingerprint density at radius 1 is 1.03 bits per heavy atom. The van der Waals surface area contributed by atoms with Gasteiger partial charge in [0.2, 0.25) is 0 Å². The molecule has 0 N–H and O–H groups in total. The number of fused-ring (bicyclic) bond motifs is 1. The topological polar surface area (TPSA) is 83.5 Å². The zero-order valence-electron chi connectivity index (χ0n) is 20.3. The smallest absolute Gasteiger partial charge is 0.411 e. The predicted molar refractivity (Wildman–Crippen MR) is 115 cm³/mol.